The lowest BCUT2D eigenvalue weighted by atomic mass is 10.2. The summed E-state index contributed by atoms with van der Waals surface area (Å²) in [5.74, 6) is 0. The molecule has 0 fully saturated rings. The molecular weight excluding hydrogens is 158 g/mol. The van der Waals surface area contributed by atoms with E-state index in [1.54, 1.807) is 12.3 Å². The number of anilines is 1. The summed E-state index contributed by atoms with van der Waals surface area (Å²) in [6.45, 7) is 1.91. The van der Waals surface area contributed by atoms with Gasteiger partial charge in [0.1, 0.15) is 0 Å². The van der Waals surface area contributed by atoms with E-state index >= 15 is 0 Å². The fraction of sp³-hybridized carbons (Fsp3) is 0.250. The van der Waals surface area contributed by atoms with E-state index in [0.717, 1.165) is 10.5 Å². The van der Waals surface area contributed by atoms with Crippen LogP contribution in [0, 0.1) is 6.92 Å². The van der Waals surface area contributed by atoms with Crippen LogP contribution in [0.1, 0.15) is 5.56 Å². The number of benzene rings is 1. The van der Waals surface area contributed by atoms with E-state index in [-0.39, 0.29) is 0 Å². The van der Waals surface area contributed by atoms with Gasteiger partial charge >= 0.3 is 0 Å². The Kier molecular flexibility index (Phi) is 2.29. The van der Waals surface area contributed by atoms with Crippen LogP contribution in [0.2, 0.25) is 0 Å². The van der Waals surface area contributed by atoms with Crippen LogP contribution in [-0.2, 0) is 10.8 Å². The van der Waals surface area contributed by atoms with E-state index in [9.17, 15) is 4.21 Å². The quantitative estimate of drug-likeness (QED) is 0.644. The summed E-state index contributed by atoms with van der Waals surface area (Å²) in [4.78, 5) is 0.727. The standard InChI is InChI=1S/C8H11NOS/c1-6-4-3-5-7(8(6)9)11(2)10/h3-5H,9H2,1-2H3. The predicted molar refractivity (Wildman–Crippen MR) is 47.9 cm³/mol. The van der Waals surface area contributed by atoms with Gasteiger partial charge in [0.2, 0.25) is 0 Å². The summed E-state index contributed by atoms with van der Waals surface area (Å²) in [5.41, 5.74) is 7.32. The van der Waals surface area contributed by atoms with Crippen LogP contribution < -0.4 is 5.73 Å². The molecule has 1 aromatic carbocycles. The topological polar surface area (TPSA) is 43.1 Å². The van der Waals surface area contributed by atoms with Gasteiger partial charge in [-0.2, -0.15) is 0 Å². The van der Waals surface area contributed by atoms with Crippen LogP contribution in [0.5, 0.6) is 0 Å². The molecule has 2 N–H and O–H groups in total. The van der Waals surface area contributed by atoms with Gasteiger partial charge in [-0.25, -0.2) is 0 Å². The summed E-state index contributed by atoms with van der Waals surface area (Å²) in [5, 5.41) is 0. The number of hydrogen-bond acceptors (Lipinski definition) is 2. The van der Waals surface area contributed by atoms with Crippen molar-refractivity contribution in [1.29, 1.82) is 0 Å². The van der Waals surface area contributed by atoms with E-state index < -0.39 is 10.8 Å². The van der Waals surface area contributed by atoms with Gasteiger partial charge in [-0.05, 0) is 18.6 Å². The second-order valence-corrected chi connectivity index (χ2v) is 3.79. The fourth-order valence-electron chi connectivity index (χ4n) is 0.904. The van der Waals surface area contributed by atoms with Gasteiger partial charge in [0.05, 0.1) is 21.4 Å². The Morgan fingerprint density at radius 1 is 1.45 bits per heavy atom. The van der Waals surface area contributed by atoms with Gasteiger partial charge in [0.15, 0.2) is 0 Å². The van der Waals surface area contributed by atoms with Crippen molar-refractivity contribution >= 4 is 16.5 Å². The minimum Gasteiger partial charge on any atom is -0.398 e. The molecule has 3 heteroatoms. The SMILES string of the molecule is Cc1cccc(S(C)=O)c1N. The minimum atomic E-state index is -0.976. The van der Waals surface area contributed by atoms with Gasteiger partial charge in [-0.15, -0.1) is 0 Å². The highest BCUT2D eigenvalue weighted by atomic mass is 32.2. The van der Waals surface area contributed by atoms with Crippen molar-refractivity contribution in [3.05, 3.63) is 23.8 Å². The zero-order valence-corrected chi connectivity index (χ0v) is 7.44. The van der Waals surface area contributed by atoms with Crippen molar-refractivity contribution in [2.24, 2.45) is 0 Å². The molecule has 0 saturated carbocycles. The number of nitrogens with two attached hydrogens (primary N) is 1. The van der Waals surface area contributed by atoms with Gasteiger partial charge < -0.3 is 5.73 Å². The zero-order chi connectivity index (χ0) is 8.43. The molecule has 0 aromatic heterocycles. The zero-order valence-electron chi connectivity index (χ0n) is 6.63. The molecule has 0 aliphatic carbocycles. The molecule has 1 aromatic rings. The molecule has 0 spiro atoms. The maximum Gasteiger partial charge on any atom is 0.0617 e. The Labute approximate surface area is 68.9 Å². The summed E-state index contributed by atoms with van der Waals surface area (Å²) in [7, 11) is -0.976. The van der Waals surface area contributed by atoms with E-state index in [1.807, 2.05) is 19.1 Å². The molecule has 0 heterocycles. The monoisotopic (exact) mass is 169 g/mol. The van der Waals surface area contributed by atoms with E-state index in [0.29, 0.717) is 5.69 Å². The summed E-state index contributed by atoms with van der Waals surface area (Å²) in [6, 6.07) is 5.56. The molecule has 0 aliphatic heterocycles. The van der Waals surface area contributed by atoms with Crippen molar-refractivity contribution in [2.75, 3.05) is 12.0 Å². The Bertz CT molecular complexity index is 296. The third-order valence-corrected chi connectivity index (χ3v) is 2.57. The highest BCUT2D eigenvalue weighted by Gasteiger charge is 2.03. The number of nitrogen functional groups attached to an aromatic ring is 1. The Morgan fingerprint density at radius 3 is 2.55 bits per heavy atom. The number of aryl methyl sites for hydroxylation is 1. The normalized spacial score (nSPS) is 12.9. The Morgan fingerprint density at radius 2 is 2.09 bits per heavy atom. The van der Waals surface area contributed by atoms with Gasteiger partial charge in [0, 0.05) is 6.26 Å². The highest BCUT2D eigenvalue weighted by molar-refractivity contribution is 7.84. The number of hydrogen-bond donors (Lipinski definition) is 1. The molecule has 1 atom stereocenters. The van der Waals surface area contributed by atoms with Gasteiger partial charge in [0.25, 0.3) is 0 Å². The first-order chi connectivity index (χ1) is 5.13. The molecule has 0 radical (unpaired) electrons. The van der Waals surface area contributed by atoms with E-state index in [1.165, 1.54) is 0 Å². The average Bonchev–Trinajstić information content (AvgIpc) is 1.94. The molecule has 11 heavy (non-hydrogen) atoms. The van der Waals surface area contributed by atoms with Crippen molar-refractivity contribution < 1.29 is 4.21 Å². The second-order valence-electron chi connectivity index (χ2n) is 2.44. The second kappa shape index (κ2) is 3.05. The van der Waals surface area contributed by atoms with Crippen LogP contribution in [0.15, 0.2) is 23.1 Å². The van der Waals surface area contributed by atoms with Crippen LogP contribution in [0.4, 0.5) is 5.69 Å². The van der Waals surface area contributed by atoms with Crippen LogP contribution in [0.3, 0.4) is 0 Å². The highest BCUT2D eigenvalue weighted by Crippen LogP contribution is 2.18. The third-order valence-electron chi connectivity index (χ3n) is 1.59. The maximum absolute atomic E-state index is 11.0. The smallest absolute Gasteiger partial charge is 0.0617 e. The third kappa shape index (κ3) is 1.60. The summed E-state index contributed by atoms with van der Waals surface area (Å²) >= 11 is 0. The van der Waals surface area contributed by atoms with Gasteiger partial charge in [-0.3, -0.25) is 4.21 Å². The average molecular weight is 169 g/mol. The summed E-state index contributed by atoms with van der Waals surface area (Å²) < 4.78 is 11.0. The Balaban J connectivity index is 3.27. The van der Waals surface area contributed by atoms with Crippen LogP contribution in [0.25, 0.3) is 0 Å². The molecule has 0 aliphatic rings. The molecule has 1 unspecified atom stereocenters. The lowest BCUT2D eigenvalue weighted by Gasteiger charge is -2.03. The first-order valence-electron chi connectivity index (χ1n) is 3.31. The van der Waals surface area contributed by atoms with Gasteiger partial charge in [-0.1, -0.05) is 12.1 Å². The van der Waals surface area contributed by atoms with Crippen molar-refractivity contribution in [3.8, 4) is 0 Å². The molecule has 0 bridgehead atoms. The Hall–Kier alpha value is -0.830. The van der Waals surface area contributed by atoms with E-state index in [4.69, 9.17) is 5.73 Å². The molecule has 0 saturated heterocycles. The number of para-hydroxylation sites is 1. The first-order valence-corrected chi connectivity index (χ1v) is 4.87. The van der Waals surface area contributed by atoms with Crippen LogP contribution >= 0.6 is 0 Å². The predicted octanol–water partition coefficient (Wildman–Crippen LogP) is 1.31. The van der Waals surface area contributed by atoms with Crippen molar-refractivity contribution in [3.63, 3.8) is 0 Å². The molecule has 1 rings (SSSR count). The van der Waals surface area contributed by atoms with E-state index in [2.05, 4.69) is 0 Å². The number of rotatable bonds is 1. The molecule has 2 nitrogen and oxygen atoms in total. The van der Waals surface area contributed by atoms with Crippen LogP contribution in [-0.4, -0.2) is 10.5 Å². The van der Waals surface area contributed by atoms with Crippen molar-refractivity contribution in [1.82, 2.24) is 0 Å². The first kappa shape index (κ1) is 8.27. The lowest BCUT2D eigenvalue weighted by Crippen LogP contribution is -1.97. The molecule has 60 valence electrons. The maximum atomic E-state index is 11.0. The van der Waals surface area contributed by atoms with Crippen molar-refractivity contribution in [2.45, 2.75) is 11.8 Å². The molecular formula is C8H11NOS. The molecule has 0 amide bonds. The minimum absolute atomic E-state index is 0.647. The fourth-order valence-corrected chi connectivity index (χ4v) is 1.65. The largest absolute Gasteiger partial charge is 0.398 e. The lowest BCUT2D eigenvalue weighted by molar-refractivity contribution is 0.687. The summed E-state index contributed by atoms with van der Waals surface area (Å²) in [6.07, 6.45) is 1.63.